The van der Waals surface area contributed by atoms with Crippen LogP contribution < -0.4 is 5.32 Å². The third kappa shape index (κ3) is 4.10. The van der Waals surface area contributed by atoms with E-state index < -0.39 is 0 Å². The Hall–Kier alpha value is -1.82. The van der Waals surface area contributed by atoms with Gasteiger partial charge < -0.3 is 19.5 Å². The summed E-state index contributed by atoms with van der Waals surface area (Å²) in [6, 6.07) is 1.72. The van der Waals surface area contributed by atoms with Crippen LogP contribution in [0.1, 0.15) is 35.2 Å². The Morgan fingerprint density at radius 2 is 1.91 bits per heavy atom. The van der Waals surface area contributed by atoms with Gasteiger partial charge in [-0.25, -0.2) is 0 Å². The van der Waals surface area contributed by atoms with Gasteiger partial charge in [-0.15, -0.1) is 0 Å². The normalized spacial score (nSPS) is 15.9. The molecule has 1 saturated heterocycles. The minimum Gasteiger partial charge on any atom is -0.466 e. The lowest BCUT2D eigenvalue weighted by Crippen LogP contribution is -2.49. The second-order valence-corrected chi connectivity index (χ2v) is 5.65. The predicted octanol–water partition coefficient (Wildman–Crippen LogP) is 1.18. The van der Waals surface area contributed by atoms with Gasteiger partial charge in [-0.3, -0.25) is 9.59 Å². The van der Waals surface area contributed by atoms with Gasteiger partial charge in [0.1, 0.15) is 11.5 Å². The van der Waals surface area contributed by atoms with Gasteiger partial charge in [-0.1, -0.05) is 6.92 Å². The first kappa shape index (κ1) is 16.5. The molecule has 1 fully saturated rings. The van der Waals surface area contributed by atoms with Crippen LogP contribution in [0.4, 0.5) is 0 Å². The molecule has 1 aromatic heterocycles. The molecule has 1 aliphatic heterocycles. The van der Waals surface area contributed by atoms with Gasteiger partial charge in [-0.2, -0.15) is 0 Å². The van der Waals surface area contributed by atoms with E-state index in [1.54, 1.807) is 13.0 Å². The number of hydrogen-bond donors (Lipinski definition) is 1. The molecule has 122 valence electrons. The van der Waals surface area contributed by atoms with E-state index in [2.05, 4.69) is 17.1 Å². The molecule has 0 bridgehead atoms. The van der Waals surface area contributed by atoms with E-state index in [1.807, 2.05) is 11.8 Å². The molecular formula is C16H25N3O3. The van der Waals surface area contributed by atoms with Gasteiger partial charge >= 0.3 is 0 Å². The molecule has 1 N–H and O–H groups in total. The fraction of sp³-hybridized carbons (Fsp3) is 0.625. The van der Waals surface area contributed by atoms with Crippen LogP contribution >= 0.6 is 0 Å². The molecular weight excluding hydrogens is 282 g/mol. The van der Waals surface area contributed by atoms with Crippen molar-refractivity contribution in [1.29, 1.82) is 0 Å². The van der Waals surface area contributed by atoms with Crippen LogP contribution in [0.2, 0.25) is 0 Å². The summed E-state index contributed by atoms with van der Waals surface area (Å²) in [7, 11) is 0. The van der Waals surface area contributed by atoms with Crippen molar-refractivity contribution in [1.82, 2.24) is 15.1 Å². The number of carbonyl (C=O) groups excluding carboxylic acids is 2. The first-order chi connectivity index (χ1) is 10.5. The molecule has 0 unspecified atom stereocenters. The number of hydrogen-bond acceptors (Lipinski definition) is 4. The molecule has 2 rings (SSSR count). The molecule has 0 atom stereocenters. The predicted molar refractivity (Wildman–Crippen MR) is 83.8 cm³/mol. The Bertz CT molecular complexity index is 531. The summed E-state index contributed by atoms with van der Waals surface area (Å²) >= 11 is 0. The quantitative estimate of drug-likeness (QED) is 0.887. The number of carbonyl (C=O) groups is 2. The summed E-state index contributed by atoms with van der Waals surface area (Å²) in [6.45, 7) is 10.5. The van der Waals surface area contributed by atoms with Crippen molar-refractivity contribution >= 4 is 11.8 Å². The molecule has 0 aromatic carbocycles. The summed E-state index contributed by atoms with van der Waals surface area (Å²) in [6.07, 6.45) is 0.341. The number of amides is 2. The lowest BCUT2D eigenvalue weighted by Gasteiger charge is -2.34. The van der Waals surface area contributed by atoms with Crippen molar-refractivity contribution in [2.75, 3.05) is 39.3 Å². The van der Waals surface area contributed by atoms with Crippen molar-refractivity contribution in [2.45, 2.75) is 27.2 Å². The second kappa shape index (κ2) is 7.45. The molecule has 6 nitrogen and oxygen atoms in total. The van der Waals surface area contributed by atoms with E-state index >= 15 is 0 Å². The molecule has 2 heterocycles. The Kier molecular flexibility index (Phi) is 5.60. The maximum Gasteiger partial charge on any atom is 0.254 e. The summed E-state index contributed by atoms with van der Waals surface area (Å²) in [5.74, 6) is 1.25. The molecule has 1 aromatic rings. The van der Waals surface area contributed by atoms with Crippen molar-refractivity contribution < 1.29 is 14.0 Å². The standard InChI is InChI=1S/C16H25N3O3/c1-4-18-7-9-19(10-8-18)15(20)5-6-17-16(21)14-11-12(2)22-13(14)3/h11H,4-10H2,1-3H3,(H,17,21). The third-order valence-electron chi connectivity index (χ3n) is 4.08. The van der Waals surface area contributed by atoms with Crippen LogP contribution in [0.5, 0.6) is 0 Å². The number of likely N-dealkylation sites (N-methyl/N-ethyl adjacent to an activating group) is 1. The van der Waals surface area contributed by atoms with Gasteiger partial charge in [0.15, 0.2) is 0 Å². The van der Waals surface area contributed by atoms with Crippen molar-refractivity contribution in [2.24, 2.45) is 0 Å². The third-order valence-corrected chi connectivity index (χ3v) is 4.08. The Morgan fingerprint density at radius 3 is 2.45 bits per heavy atom. The smallest absolute Gasteiger partial charge is 0.254 e. The number of nitrogens with zero attached hydrogens (tertiary/aromatic N) is 2. The lowest BCUT2D eigenvalue weighted by atomic mass is 10.2. The number of furan rings is 1. The topological polar surface area (TPSA) is 65.8 Å². The summed E-state index contributed by atoms with van der Waals surface area (Å²) in [4.78, 5) is 28.3. The largest absolute Gasteiger partial charge is 0.466 e. The van der Waals surface area contributed by atoms with Gasteiger partial charge in [-0.05, 0) is 26.5 Å². The average Bonchev–Trinajstić information content (AvgIpc) is 2.86. The highest BCUT2D eigenvalue weighted by molar-refractivity contribution is 5.95. The average molecular weight is 307 g/mol. The number of rotatable bonds is 5. The van der Waals surface area contributed by atoms with E-state index in [9.17, 15) is 9.59 Å². The van der Waals surface area contributed by atoms with Gasteiger partial charge in [0, 0.05) is 39.1 Å². The van der Waals surface area contributed by atoms with Crippen molar-refractivity contribution in [3.8, 4) is 0 Å². The van der Waals surface area contributed by atoms with E-state index in [4.69, 9.17) is 4.42 Å². The fourth-order valence-corrected chi connectivity index (χ4v) is 2.71. The van der Waals surface area contributed by atoms with E-state index in [0.29, 0.717) is 30.0 Å². The highest BCUT2D eigenvalue weighted by Gasteiger charge is 2.20. The Balaban J connectivity index is 1.73. The minimum atomic E-state index is -0.182. The van der Waals surface area contributed by atoms with Gasteiger partial charge in [0.2, 0.25) is 5.91 Å². The summed E-state index contributed by atoms with van der Waals surface area (Å²) < 4.78 is 5.34. The first-order valence-electron chi connectivity index (χ1n) is 7.86. The van der Waals surface area contributed by atoms with Gasteiger partial charge in [0.05, 0.1) is 5.56 Å². The Morgan fingerprint density at radius 1 is 1.23 bits per heavy atom. The van der Waals surface area contributed by atoms with Crippen molar-refractivity contribution in [3.05, 3.63) is 23.2 Å². The lowest BCUT2D eigenvalue weighted by molar-refractivity contribution is -0.132. The molecule has 0 saturated carbocycles. The molecule has 0 spiro atoms. The van der Waals surface area contributed by atoms with Crippen LogP contribution in [0, 0.1) is 13.8 Å². The zero-order valence-corrected chi connectivity index (χ0v) is 13.6. The molecule has 1 aliphatic rings. The van der Waals surface area contributed by atoms with Crippen LogP contribution in [-0.2, 0) is 4.79 Å². The monoisotopic (exact) mass is 307 g/mol. The zero-order chi connectivity index (χ0) is 16.1. The summed E-state index contributed by atoms with van der Waals surface area (Å²) in [5, 5.41) is 2.79. The second-order valence-electron chi connectivity index (χ2n) is 5.65. The maximum atomic E-state index is 12.1. The van der Waals surface area contributed by atoms with E-state index in [0.717, 1.165) is 32.7 Å². The van der Waals surface area contributed by atoms with Crippen LogP contribution in [0.15, 0.2) is 10.5 Å². The van der Waals surface area contributed by atoms with Crippen LogP contribution in [-0.4, -0.2) is 60.9 Å². The number of nitrogens with one attached hydrogen (secondary N) is 1. The van der Waals surface area contributed by atoms with Crippen LogP contribution in [0.25, 0.3) is 0 Å². The SMILES string of the molecule is CCN1CCN(C(=O)CCNC(=O)c2cc(C)oc2C)CC1. The Labute approximate surface area is 131 Å². The minimum absolute atomic E-state index is 0.108. The van der Waals surface area contributed by atoms with Crippen molar-refractivity contribution in [3.63, 3.8) is 0 Å². The highest BCUT2D eigenvalue weighted by atomic mass is 16.3. The van der Waals surface area contributed by atoms with E-state index in [1.165, 1.54) is 0 Å². The highest BCUT2D eigenvalue weighted by Crippen LogP contribution is 2.13. The first-order valence-corrected chi connectivity index (χ1v) is 7.86. The molecule has 0 aliphatic carbocycles. The number of piperazine rings is 1. The van der Waals surface area contributed by atoms with Gasteiger partial charge in [0.25, 0.3) is 5.91 Å². The number of aryl methyl sites for hydroxylation is 2. The van der Waals surface area contributed by atoms with Crippen LogP contribution in [0.3, 0.4) is 0 Å². The molecule has 0 radical (unpaired) electrons. The molecule has 2 amide bonds. The zero-order valence-electron chi connectivity index (χ0n) is 13.6. The molecule has 22 heavy (non-hydrogen) atoms. The van der Waals surface area contributed by atoms with E-state index in [-0.39, 0.29) is 11.8 Å². The molecule has 6 heteroatoms. The summed E-state index contributed by atoms with van der Waals surface area (Å²) in [5.41, 5.74) is 0.543. The fourth-order valence-electron chi connectivity index (χ4n) is 2.71. The maximum absolute atomic E-state index is 12.1.